The van der Waals surface area contributed by atoms with Gasteiger partial charge < -0.3 is 14.5 Å². The summed E-state index contributed by atoms with van der Waals surface area (Å²) in [7, 11) is -1.96. The minimum atomic E-state index is -3.59. The molecule has 0 unspecified atom stereocenters. The summed E-state index contributed by atoms with van der Waals surface area (Å²) in [5.41, 5.74) is 1.51. The minimum Gasteiger partial charge on any atom is -0.497 e. The molecular formula is C21H27N3O4S2. The highest BCUT2D eigenvalue weighted by Gasteiger charge is 2.31. The Morgan fingerprint density at radius 1 is 1.00 bits per heavy atom. The second-order valence-electron chi connectivity index (χ2n) is 7.60. The molecule has 2 aromatic rings. The number of hydrogen-bond acceptors (Lipinski definition) is 6. The number of piperidine rings is 1. The Morgan fingerprint density at radius 2 is 1.73 bits per heavy atom. The molecule has 1 amide bonds. The normalized spacial score (nSPS) is 18.4. The Hall–Kier alpha value is -2.10. The Kier molecular flexibility index (Phi) is 6.31. The number of likely N-dealkylation sites (tertiary alicyclic amines) is 1. The van der Waals surface area contributed by atoms with E-state index in [-0.39, 0.29) is 10.1 Å². The zero-order valence-corrected chi connectivity index (χ0v) is 18.8. The molecule has 3 heterocycles. The fourth-order valence-electron chi connectivity index (χ4n) is 3.96. The third-order valence-electron chi connectivity index (χ3n) is 5.72. The van der Waals surface area contributed by atoms with E-state index in [4.69, 9.17) is 4.74 Å². The quantitative estimate of drug-likeness (QED) is 0.702. The molecule has 0 spiro atoms. The molecular weight excluding hydrogens is 422 g/mol. The average molecular weight is 450 g/mol. The van der Waals surface area contributed by atoms with Gasteiger partial charge in [0, 0.05) is 56.4 Å². The number of thiophene rings is 1. The van der Waals surface area contributed by atoms with Gasteiger partial charge in [-0.1, -0.05) is 6.07 Å². The molecule has 7 nitrogen and oxygen atoms in total. The van der Waals surface area contributed by atoms with Gasteiger partial charge in [-0.2, -0.15) is 4.31 Å². The van der Waals surface area contributed by atoms with E-state index >= 15 is 0 Å². The van der Waals surface area contributed by atoms with Gasteiger partial charge in [0.25, 0.3) is 15.9 Å². The van der Waals surface area contributed by atoms with E-state index in [9.17, 15) is 13.2 Å². The zero-order valence-electron chi connectivity index (χ0n) is 17.1. The van der Waals surface area contributed by atoms with Crippen molar-refractivity contribution < 1.29 is 17.9 Å². The van der Waals surface area contributed by atoms with Gasteiger partial charge in [-0.05, 0) is 37.5 Å². The molecule has 0 radical (unpaired) electrons. The number of sulfonamides is 1. The fraction of sp³-hybridized carbons (Fsp3) is 0.476. The minimum absolute atomic E-state index is 0.0600. The number of rotatable bonds is 5. The van der Waals surface area contributed by atoms with Crippen LogP contribution in [0, 0.1) is 0 Å². The molecule has 9 heteroatoms. The number of amides is 1. The number of piperazine rings is 1. The van der Waals surface area contributed by atoms with Gasteiger partial charge in [0.15, 0.2) is 0 Å². The van der Waals surface area contributed by atoms with Crippen molar-refractivity contribution >= 4 is 33.0 Å². The molecule has 2 aliphatic rings. The number of benzene rings is 1. The summed E-state index contributed by atoms with van der Waals surface area (Å²) in [5, 5.41) is 1.68. The topological polar surface area (TPSA) is 70.2 Å². The maximum Gasteiger partial charge on any atom is 0.254 e. The van der Waals surface area contributed by atoms with Gasteiger partial charge in [0.05, 0.1) is 12.7 Å². The summed E-state index contributed by atoms with van der Waals surface area (Å²) in [4.78, 5) is 16.7. The van der Waals surface area contributed by atoms with Gasteiger partial charge in [0.1, 0.15) is 9.96 Å². The molecule has 2 saturated heterocycles. The van der Waals surface area contributed by atoms with Gasteiger partial charge in [0.2, 0.25) is 0 Å². The van der Waals surface area contributed by atoms with Crippen molar-refractivity contribution in [2.45, 2.75) is 23.5 Å². The van der Waals surface area contributed by atoms with E-state index in [0.717, 1.165) is 55.1 Å². The highest BCUT2D eigenvalue weighted by molar-refractivity contribution is 7.91. The smallest absolute Gasteiger partial charge is 0.254 e. The number of ether oxygens (including phenoxy) is 1. The predicted octanol–water partition coefficient (Wildman–Crippen LogP) is 2.89. The molecule has 0 bridgehead atoms. The first-order valence-corrected chi connectivity index (χ1v) is 12.6. The van der Waals surface area contributed by atoms with Crippen LogP contribution in [-0.2, 0) is 10.0 Å². The highest BCUT2D eigenvalue weighted by Crippen LogP contribution is 2.28. The molecule has 2 aliphatic heterocycles. The highest BCUT2D eigenvalue weighted by atomic mass is 32.2. The lowest BCUT2D eigenvalue weighted by atomic mass is 10.1. The van der Waals surface area contributed by atoms with Crippen molar-refractivity contribution in [2.24, 2.45) is 0 Å². The molecule has 0 N–H and O–H groups in total. The number of anilines is 1. The molecule has 1 aromatic carbocycles. The average Bonchev–Trinajstić information content (AvgIpc) is 3.30. The van der Waals surface area contributed by atoms with Crippen molar-refractivity contribution in [2.75, 3.05) is 51.3 Å². The summed E-state index contributed by atoms with van der Waals surface area (Å²) in [6.45, 7) is 3.54. The summed E-state index contributed by atoms with van der Waals surface area (Å²) >= 11 is 1.14. The third-order valence-corrected chi connectivity index (χ3v) is 9.03. The Balaban J connectivity index is 1.42. The molecule has 1 aromatic heterocycles. The van der Waals surface area contributed by atoms with Crippen molar-refractivity contribution in [3.63, 3.8) is 0 Å². The first-order valence-electron chi connectivity index (χ1n) is 10.3. The summed E-state index contributed by atoms with van der Waals surface area (Å²) in [5.74, 6) is 0.724. The van der Waals surface area contributed by atoms with Crippen molar-refractivity contribution in [1.29, 1.82) is 0 Å². The maximum atomic E-state index is 13.1. The molecule has 162 valence electrons. The molecule has 0 atom stereocenters. The summed E-state index contributed by atoms with van der Waals surface area (Å²) < 4.78 is 33.3. The maximum absolute atomic E-state index is 13.1. The van der Waals surface area contributed by atoms with Crippen LogP contribution in [0.15, 0.2) is 39.9 Å². The Morgan fingerprint density at radius 3 is 2.43 bits per heavy atom. The Bertz CT molecular complexity index is 991. The molecule has 30 heavy (non-hydrogen) atoms. The zero-order chi connectivity index (χ0) is 21.1. The first kappa shape index (κ1) is 21.1. The summed E-state index contributed by atoms with van der Waals surface area (Å²) in [6, 6.07) is 9.34. The van der Waals surface area contributed by atoms with Crippen LogP contribution in [-0.4, -0.2) is 69.9 Å². The van der Waals surface area contributed by atoms with Crippen LogP contribution in [0.25, 0.3) is 0 Å². The van der Waals surface area contributed by atoms with Crippen LogP contribution in [0.1, 0.15) is 29.6 Å². The lowest BCUT2D eigenvalue weighted by Crippen LogP contribution is -2.48. The number of methoxy groups -OCH3 is 1. The van der Waals surface area contributed by atoms with E-state index in [2.05, 4.69) is 4.90 Å². The standard InChI is InChI=1S/C21H27N3O4S2/c1-28-19-7-5-6-18(15-19)22-10-12-24(13-11-22)30(26,27)20-14-17(16-29-20)21(25)23-8-3-2-4-9-23/h5-7,14-16H,2-4,8-13H2,1H3. The van der Waals surface area contributed by atoms with Crippen LogP contribution in [0.3, 0.4) is 0 Å². The third kappa shape index (κ3) is 4.33. The van der Waals surface area contributed by atoms with Crippen molar-refractivity contribution in [3.05, 3.63) is 41.3 Å². The largest absolute Gasteiger partial charge is 0.497 e. The van der Waals surface area contributed by atoms with Crippen LogP contribution >= 0.6 is 11.3 Å². The SMILES string of the molecule is COc1cccc(N2CCN(S(=O)(=O)c3cc(C(=O)N4CCCCC4)cs3)CC2)c1. The van der Waals surface area contributed by atoms with Crippen LogP contribution in [0.2, 0.25) is 0 Å². The lowest BCUT2D eigenvalue weighted by Gasteiger charge is -2.35. The monoisotopic (exact) mass is 449 g/mol. The van der Waals surface area contributed by atoms with E-state index in [1.165, 1.54) is 4.31 Å². The van der Waals surface area contributed by atoms with Crippen molar-refractivity contribution in [1.82, 2.24) is 9.21 Å². The molecule has 0 saturated carbocycles. The van der Waals surface area contributed by atoms with Gasteiger partial charge in [-0.15, -0.1) is 11.3 Å². The van der Waals surface area contributed by atoms with E-state index in [1.807, 2.05) is 29.2 Å². The second-order valence-corrected chi connectivity index (χ2v) is 10.7. The number of hydrogen-bond donors (Lipinski definition) is 0. The Labute approximate surface area is 181 Å². The first-order chi connectivity index (χ1) is 14.5. The predicted molar refractivity (Wildman–Crippen MR) is 118 cm³/mol. The van der Waals surface area contributed by atoms with E-state index < -0.39 is 10.0 Å². The molecule has 0 aliphatic carbocycles. The summed E-state index contributed by atoms with van der Waals surface area (Å²) in [6.07, 6.45) is 3.17. The fourth-order valence-corrected chi connectivity index (χ4v) is 6.69. The lowest BCUT2D eigenvalue weighted by molar-refractivity contribution is 0.0724. The molecule has 4 rings (SSSR count). The second kappa shape index (κ2) is 8.95. The van der Waals surface area contributed by atoms with Gasteiger partial charge >= 0.3 is 0 Å². The number of nitrogens with zero attached hydrogens (tertiary/aromatic N) is 3. The van der Waals surface area contributed by atoms with Gasteiger partial charge in [-0.25, -0.2) is 8.42 Å². The van der Waals surface area contributed by atoms with E-state index in [0.29, 0.717) is 31.7 Å². The van der Waals surface area contributed by atoms with E-state index in [1.54, 1.807) is 18.6 Å². The number of carbonyl (C=O) groups excluding carboxylic acids is 1. The van der Waals surface area contributed by atoms with Crippen LogP contribution in [0.5, 0.6) is 5.75 Å². The molecule has 2 fully saturated rings. The number of carbonyl (C=O) groups is 1. The van der Waals surface area contributed by atoms with Crippen LogP contribution in [0.4, 0.5) is 5.69 Å². The van der Waals surface area contributed by atoms with Gasteiger partial charge in [-0.3, -0.25) is 4.79 Å². The van der Waals surface area contributed by atoms with Crippen molar-refractivity contribution in [3.8, 4) is 5.75 Å². The van der Waals surface area contributed by atoms with Crippen LogP contribution < -0.4 is 9.64 Å².